The molecule has 2 aromatic carbocycles. The van der Waals surface area contributed by atoms with Crippen molar-refractivity contribution in [3.8, 4) is 0 Å². The molecule has 1 aliphatic heterocycles. The quantitative estimate of drug-likeness (QED) is 0.873. The summed E-state index contributed by atoms with van der Waals surface area (Å²) in [4.78, 5) is 15.2. The van der Waals surface area contributed by atoms with Gasteiger partial charge in [0.15, 0.2) is 0 Å². The normalized spacial score (nSPS) is 24.8. The number of carboxylic acids is 1. The number of aliphatic hydroxyl groups excluding tert-OH is 1. The molecule has 5 heteroatoms. The van der Waals surface area contributed by atoms with E-state index in [4.69, 9.17) is 0 Å². The van der Waals surface area contributed by atoms with Gasteiger partial charge in [0, 0.05) is 17.0 Å². The topological polar surface area (TPSA) is 60.8 Å². The zero-order valence-corrected chi connectivity index (χ0v) is 14.0. The molecule has 0 aromatic heterocycles. The van der Waals surface area contributed by atoms with Gasteiger partial charge in [-0.15, -0.1) is 0 Å². The number of rotatable bonds is 2. The van der Waals surface area contributed by atoms with Crippen molar-refractivity contribution in [2.24, 2.45) is 0 Å². The van der Waals surface area contributed by atoms with E-state index in [0.29, 0.717) is 16.7 Å². The minimum atomic E-state index is -0.922. The molecular weight excluding hydrogens is 322 g/mol. The third-order valence-electron chi connectivity index (χ3n) is 4.63. The van der Waals surface area contributed by atoms with Crippen molar-refractivity contribution < 1.29 is 15.0 Å². The summed E-state index contributed by atoms with van der Waals surface area (Å²) in [6.07, 6.45) is -0.881. The Bertz CT molecular complexity index is 861. The molecule has 0 bridgehead atoms. The number of carbonyl (C=O) groups is 1. The number of carboxylic acid groups (broad SMARTS) is 1. The van der Waals surface area contributed by atoms with Crippen LogP contribution < -0.4 is 4.90 Å². The fraction of sp³-hybridized carbons (Fsp3) is 0.211. The minimum absolute atomic E-state index is 0.576. The Morgan fingerprint density at radius 3 is 2.50 bits per heavy atom. The molecule has 0 saturated carbocycles. The third-order valence-corrected chi connectivity index (χ3v) is 5.84. The lowest BCUT2D eigenvalue weighted by Gasteiger charge is -2.23. The van der Waals surface area contributed by atoms with Gasteiger partial charge < -0.3 is 15.1 Å². The molecule has 2 unspecified atom stereocenters. The maximum absolute atomic E-state index is 12.0. The Balaban J connectivity index is 1.92. The molecule has 0 amide bonds. The van der Waals surface area contributed by atoms with Crippen LogP contribution in [0.3, 0.4) is 0 Å². The number of hydrogen-bond donors (Lipinski definition) is 2. The molecule has 1 heterocycles. The zero-order valence-electron chi connectivity index (χ0n) is 13.1. The van der Waals surface area contributed by atoms with Gasteiger partial charge in [0.1, 0.15) is 12.0 Å². The van der Waals surface area contributed by atoms with Crippen molar-refractivity contribution in [1.82, 2.24) is 0 Å². The van der Waals surface area contributed by atoms with E-state index >= 15 is 0 Å². The monoisotopic (exact) mass is 339 g/mol. The first-order chi connectivity index (χ1) is 11.6. The number of thioether (sulfide) groups is 1. The molecule has 122 valence electrons. The van der Waals surface area contributed by atoms with Crippen LogP contribution in [-0.2, 0) is 4.79 Å². The van der Waals surface area contributed by atoms with Crippen LogP contribution in [-0.4, -0.2) is 22.7 Å². The van der Waals surface area contributed by atoms with Crippen LogP contribution in [0.2, 0.25) is 0 Å². The first kappa shape index (κ1) is 15.3. The fourth-order valence-electron chi connectivity index (χ4n) is 3.59. The van der Waals surface area contributed by atoms with Crippen LogP contribution in [0.5, 0.6) is 0 Å². The van der Waals surface area contributed by atoms with Crippen molar-refractivity contribution in [2.75, 3.05) is 11.4 Å². The number of aliphatic hydroxyl groups is 1. The Morgan fingerprint density at radius 1 is 1.12 bits per heavy atom. The molecule has 2 atom stereocenters. The summed E-state index contributed by atoms with van der Waals surface area (Å²) in [6.45, 7) is 2.76. The lowest BCUT2D eigenvalue weighted by atomic mass is 9.98. The molecule has 1 aliphatic carbocycles. The van der Waals surface area contributed by atoms with Crippen LogP contribution in [0.4, 0.5) is 5.69 Å². The Morgan fingerprint density at radius 2 is 1.79 bits per heavy atom. The van der Waals surface area contributed by atoms with Crippen molar-refractivity contribution in [2.45, 2.75) is 23.8 Å². The van der Waals surface area contributed by atoms with E-state index in [1.54, 1.807) is 17.8 Å². The maximum atomic E-state index is 12.0. The van der Waals surface area contributed by atoms with Gasteiger partial charge in [0.25, 0.3) is 0 Å². The summed E-state index contributed by atoms with van der Waals surface area (Å²) in [5.41, 5.74) is 3.03. The van der Waals surface area contributed by atoms with Crippen LogP contribution in [0.1, 0.15) is 30.1 Å². The lowest BCUT2D eigenvalue weighted by Crippen LogP contribution is -2.22. The first-order valence-corrected chi connectivity index (χ1v) is 8.73. The standard InChI is InChI=1S/C19H17NO3S/c1-2-20-13-9-5-6-10-14(13)24-18(20)16-15(19(22)23)11-7-3-4-8-12(11)17(16)21/h3-10,15,17,21H,2H2,1H3,(H,22,23)/b18-16-. The molecule has 0 fully saturated rings. The van der Waals surface area contributed by atoms with E-state index < -0.39 is 18.0 Å². The number of nitrogens with zero attached hydrogens (tertiary/aromatic N) is 1. The Labute approximate surface area is 144 Å². The van der Waals surface area contributed by atoms with Gasteiger partial charge in [0.2, 0.25) is 0 Å². The second kappa shape index (κ2) is 5.69. The van der Waals surface area contributed by atoms with E-state index in [0.717, 1.165) is 22.2 Å². The van der Waals surface area contributed by atoms with Gasteiger partial charge in [0.05, 0.1) is 10.7 Å². The van der Waals surface area contributed by atoms with Gasteiger partial charge in [-0.25, -0.2) is 0 Å². The molecule has 2 N–H and O–H groups in total. The highest BCUT2D eigenvalue weighted by molar-refractivity contribution is 8.03. The van der Waals surface area contributed by atoms with Crippen molar-refractivity contribution >= 4 is 23.4 Å². The largest absolute Gasteiger partial charge is 0.481 e. The van der Waals surface area contributed by atoms with E-state index in [2.05, 4.69) is 4.90 Å². The second-order valence-corrected chi connectivity index (χ2v) is 6.91. The number of benzene rings is 2. The summed E-state index contributed by atoms with van der Waals surface area (Å²) < 4.78 is 0. The van der Waals surface area contributed by atoms with Crippen LogP contribution in [0.15, 0.2) is 64.0 Å². The molecule has 24 heavy (non-hydrogen) atoms. The number of anilines is 1. The molecule has 0 saturated heterocycles. The van der Waals surface area contributed by atoms with Crippen molar-refractivity contribution in [3.05, 3.63) is 70.3 Å². The van der Waals surface area contributed by atoms with Gasteiger partial charge >= 0.3 is 5.97 Å². The highest BCUT2D eigenvalue weighted by Crippen LogP contribution is 2.54. The highest BCUT2D eigenvalue weighted by Gasteiger charge is 2.43. The number of hydrogen-bond acceptors (Lipinski definition) is 4. The van der Waals surface area contributed by atoms with E-state index in [-0.39, 0.29) is 0 Å². The predicted octanol–water partition coefficient (Wildman–Crippen LogP) is 3.75. The lowest BCUT2D eigenvalue weighted by molar-refractivity contribution is -0.137. The Kier molecular flexibility index (Phi) is 3.62. The van der Waals surface area contributed by atoms with Crippen LogP contribution in [0.25, 0.3) is 0 Å². The minimum Gasteiger partial charge on any atom is -0.481 e. The van der Waals surface area contributed by atoms with Gasteiger partial charge in [-0.05, 0) is 30.2 Å². The summed E-state index contributed by atoms with van der Waals surface area (Å²) in [6, 6.07) is 15.3. The van der Waals surface area contributed by atoms with Crippen LogP contribution in [0, 0.1) is 0 Å². The molecule has 2 aromatic rings. The maximum Gasteiger partial charge on any atom is 0.315 e. The number of fused-ring (bicyclic) bond motifs is 2. The number of para-hydroxylation sites is 1. The van der Waals surface area contributed by atoms with E-state index in [9.17, 15) is 15.0 Å². The highest BCUT2D eigenvalue weighted by atomic mass is 32.2. The third kappa shape index (κ3) is 2.08. The predicted molar refractivity (Wildman–Crippen MR) is 94.1 cm³/mol. The van der Waals surface area contributed by atoms with Crippen molar-refractivity contribution in [3.63, 3.8) is 0 Å². The molecule has 4 rings (SSSR count). The summed E-state index contributed by atoms with van der Waals surface area (Å²) in [7, 11) is 0. The van der Waals surface area contributed by atoms with Gasteiger partial charge in [-0.1, -0.05) is 48.2 Å². The van der Waals surface area contributed by atoms with E-state index in [1.165, 1.54) is 0 Å². The second-order valence-electron chi connectivity index (χ2n) is 5.88. The zero-order chi connectivity index (χ0) is 16.8. The fourth-order valence-corrected chi connectivity index (χ4v) is 4.91. The van der Waals surface area contributed by atoms with E-state index in [1.807, 2.05) is 49.4 Å². The molecular formula is C19H17NO3S. The van der Waals surface area contributed by atoms with Crippen LogP contribution >= 0.6 is 11.8 Å². The average molecular weight is 339 g/mol. The molecule has 4 nitrogen and oxygen atoms in total. The first-order valence-electron chi connectivity index (χ1n) is 7.91. The summed E-state index contributed by atoms with van der Waals surface area (Å²) >= 11 is 1.54. The SMILES string of the molecule is CCN1/C(=C2/C(O)c3ccccc3C2C(=O)O)Sc2ccccc21. The summed E-state index contributed by atoms with van der Waals surface area (Å²) in [5, 5.41) is 21.5. The van der Waals surface area contributed by atoms with Gasteiger partial charge in [-0.3, -0.25) is 4.79 Å². The van der Waals surface area contributed by atoms with Gasteiger partial charge in [-0.2, -0.15) is 0 Å². The molecule has 0 radical (unpaired) electrons. The molecule has 0 spiro atoms. The Hall–Kier alpha value is -2.24. The average Bonchev–Trinajstić information content (AvgIpc) is 3.10. The summed E-state index contributed by atoms with van der Waals surface area (Å²) in [5.74, 6) is -1.73. The molecule has 2 aliphatic rings. The smallest absolute Gasteiger partial charge is 0.315 e. The number of aliphatic carboxylic acids is 1. The van der Waals surface area contributed by atoms with Crippen molar-refractivity contribution in [1.29, 1.82) is 0 Å².